The van der Waals surface area contributed by atoms with Crippen molar-refractivity contribution in [1.29, 1.82) is 0 Å². The van der Waals surface area contributed by atoms with Gasteiger partial charge in [0.2, 0.25) is 5.91 Å². The Labute approximate surface area is 142 Å². The highest BCUT2D eigenvalue weighted by Crippen LogP contribution is 2.26. The molecule has 130 valence electrons. The molecule has 2 amide bonds. The highest BCUT2D eigenvalue weighted by atomic mass is 35.5. The van der Waals surface area contributed by atoms with E-state index in [-0.39, 0.29) is 30.8 Å². The monoisotopic (exact) mass is 345 g/mol. The lowest BCUT2D eigenvalue weighted by Gasteiger charge is -2.16. The lowest BCUT2D eigenvalue weighted by molar-refractivity contribution is -0.118. The Bertz CT molecular complexity index is 537. The fraction of sp³-hybridized carbons (Fsp3) is 0.467. The molecule has 0 radical (unpaired) electrons. The second-order valence-corrected chi connectivity index (χ2v) is 4.89. The standard InChI is InChI=1S/C15H23N3O4.ClH/c1-5-22-13-8-10(15(20)18(2)3)6-7-12(13)17-14(19)11(16)9-21-4;/h6-8,11H,5,9,16H2,1-4H3,(H,17,19);1H. The van der Waals surface area contributed by atoms with Crippen molar-refractivity contribution in [3.05, 3.63) is 23.8 Å². The van der Waals surface area contributed by atoms with Crippen molar-refractivity contribution in [2.45, 2.75) is 13.0 Å². The zero-order chi connectivity index (χ0) is 16.7. The molecule has 0 heterocycles. The molecule has 0 bridgehead atoms. The van der Waals surface area contributed by atoms with Crippen molar-refractivity contribution in [2.24, 2.45) is 5.73 Å². The quantitative estimate of drug-likeness (QED) is 0.772. The topological polar surface area (TPSA) is 93.9 Å². The molecule has 0 aliphatic carbocycles. The third kappa shape index (κ3) is 6.05. The molecule has 0 aromatic heterocycles. The van der Waals surface area contributed by atoms with Crippen LogP contribution >= 0.6 is 12.4 Å². The summed E-state index contributed by atoms with van der Waals surface area (Å²) in [5, 5.41) is 2.68. The maximum absolute atomic E-state index is 12.0. The van der Waals surface area contributed by atoms with Crippen LogP contribution in [0.5, 0.6) is 5.75 Å². The van der Waals surface area contributed by atoms with Crippen LogP contribution < -0.4 is 15.8 Å². The number of nitrogens with zero attached hydrogens (tertiary/aromatic N) is 1. The molecule has 0 fully saturated rings. The summed E-state index contributed by atoms with van der Waals surface area (Å²) in [6.45, 7) is 2.35. The molecule has 0 aliphatic heterocycles. The Morgan fingerprint density at radius 1 is 1.35 bits per heavy atom. The smallest absolute Gasteiger partial charge is 0.253 e. The second kappa shape index (κ2) is 10.0. The molecule has 23 heavy (non-hydrogen) atoms. The number of amides is 2. The van der Waals surface area contributed by atoms with Crippen LogP contribution in [0.4, 0.5) is 5.69 Å². The number of ether oxygens (including phenoxy) is 2. The Morgan fingerprint density at radius 2 is 2.00 bits per heavy atom. The maximum atomic E-state index is 12.0. The van der Waals surface area contributed by atoms with Crippen LogP contribution in [0.15, 0.2) is 18.2 Å². The van der Waals surface area contributed by atoms with Gasteiger partial charge in [0.1, 0.15) is 11.8 Å². The van der Waals surface area contributed by atoms with Gasteiger partial charge in [0.15, 0.2) is 0 Å². The summed E-state index contributed by atoms with van der Waals surface area (Å²) in [5.74, 6) is -0.0995. The van der Waals surface area contributed by atoms with E-state index in [0.29, 0.717) is 23.6 Å². The molecule has 0 spiro atoms. The van der Waals surface area contributed by atoms with Crippen LogP contribution in [0.2, 0.25) is 0 Å². The fourth-order valence-electron chi connectivity index (χ4n) is 1.77. The van der Waals surface area contributed by atoms with Gasteiger partial charge in [-0.25, -0.2) is 0 Å². The van der Waals surface area contributed by atoms with Crippen LogP contribution in [0.25, 0.3) is 0 Å². The van der Waals surface area contributed by atoms with E-state index in [1.54, 1.807) is 32.3 Å². The Balaban J connectivity index is 0.00000484. The van der Waals surface area contributed by atoms with Gasteiger partial charge in [-0.3, -0.25) is 9.59 Å². The molecule has 0 saturated carbocycles. The van der Waals surface area contributed by atoms with Crippen molar-refractivity contribution >= 4 is 29.9 Å². The van der Waals surface area contributed by atoms with Gasteiger partial charge in [-0.1, -0.05) is 0 Å². The molecule has 8 heteroatoms. The normalized spacial score (nSPS) is 11.2. The molecule has 3 N–H and O–H groups in total. The Kier molecular flexibility index (Phi) is 9.24. The minimum Gasteiger partial charge on any atom is -0.492 e. The van der Waals surface area contributed by atoms with Crippen LogP contribution in [-0.2, 0) is 9.53 Å². The molecule has 7 nitrogen and oxygen atoms in total. The second-order valence-electron chi connectivity index (χ2n) is 4.89. The number of nitrogens with two attached hydrogens (primary N) is 1. The predicted molar refractivity (Wildman–Crippen MR) is 91.4 cm³/mol. The van der Waals surface area contributed by atoms with Crippen LogP contribution in [0.1, 0.15) is 17.3 Å². The molecule has 0 saturated heterocycles. The molecular weight excluding hydrogens is 322 g/mol. The first-order valence-corrected chi connectivity index (χ1v) is 6.94. The van der Waals surface area contributed by atoms with Crippen LogP contribution in [0.3, 0.4) is 0 Å². The first-order chi connectivity index (χ1) is 10.4. The van der Waals surface area contributed by atoms with Gasteiger partial charge in [-0.05, 0) is 25.1 Å². The lowest BCUT2D eigenvalue weighted by atomic mass is 10.1. The maximum Gasteiger partial charge on any atom is 0.253 e. The van der Waals surface area contributed by atoms with E-state index in [1.807, 2.05) is 6.92 Å². The van der Waals surface area contributed by atoms with E-state index in [4.69, 9.17) is 15.2 Å². The lowest BCUT2D eigenvalue weighted by Crippen LogP contribution is -2.39. The summed E-state index contributed by atoms with van der Waals surface area (Å²) >= 11 is 0. The van der Waals surface area contributed by atoms with Gasteiger partial charge in [0.25, 0.3) is 5.91 Å². The Hall–Kier alpha value is -1.83. The summed E-state index contributed by atoms with van der Waals surface area (Å²) in [5.41, 5.74) is 6.62. The molecule has 1 atom stereocenters. The number of anilines is 1. The Morgan fingerprint density at radius 3 is 2.52 bits per heavy atom. The molecule has 1 unspecified atom stereocenters. The SMILES string of the molecule is CCOc1cc(C(=O)N(C)C)ccc1NC(=O)C(N)COC.Cl. The number of nitrogens with one attached hydrogen (secondary N) is 1. The highest BCUT2D eigenvalue weighted by molar-refractivity contribution is 5.98. The molecular formula is C15H24ClN3O4. The number of hydrogen-bond acceptors (Lipinski definition) is 5. The third-order valence-corrected chi connectivity index (χ3v) is 2.88. The number of hydrogen-bond donors (Lipinski definition) is 2. The molecule has 1 rings (SSSR count). The summed E-state index contributed by atoms with van der Waals surface area (Å²) in [7, 11) is 4.81. The highest BCUT2D eigenvalue weighted by Gasteiger charge is 2.17. The summed E-state index contributed by atoms with van der Waals surface area (Å²) in [4.78, 5) is 25.4. The zero-order valence-corrected chi connectivity index (χ0v) is 14.6. The minimum absolute atomic E-state index is 0. The van der Waals surface area contributed by atoms with E-state index < -0.39 is 6.04 Å². The van der Waals surface area contributed by atoms with E-state index >= 15 is 0 Å². The van der Waals surface area contributed by atoms with Gasteiger partial charge in [0, 0.05) is 26.8 Å². The minimum atomic E-state index is -0.775. The van der Waals surface area contributed by atoms with E-state index in [2.05, 4.69) is 5.32 Å². The number of carbonyl (C=O) groups excluding carboxylic acids is 2. The first-order valence-electron chi connectivity index (χ1n) is 6.94. The van der Waals surface area contributed by atoms with E-state index in [9.17, 15) is 9.59 Å². The largest absolute Gasteiger partial charge is 0.492 e. The van der Waals surface area contributed by atoms with Crippen molar-refractivity contribution in [3.8, 4) is 5.75 Å². The van der Waals surface area contributed by atoms with Crippen molar-refractivity contribution in [2.75, 3.05) is 39.7 Å². The molecule has 0 aliphatic rings. The number of methoxy groups -OCH3 is 1. The van der Waals surface area contributed by atoms with E-state index in [1.165, 1.54) is 12.0 Å². The zero-order valence-electron chi connectivity index (χ0n) is 13.8. The number of carbonyl (C=O) groups is 2. The predicted octanol–water partition coefficient (Wildman–Crippen LogP) is 1.12. The van der Waals surface area contributed by atoms with Crippen molar-refractivity contribution in [3.63, 3.8) is 0 Å². The van der Waals surface area contributed by atoms with Gasteiger partial charge < -0.3 is 25.4 Å². The number of benzene rings is 1. The van der Waals surface area contributed by atoms with Crippen LogP contribution in [-0.4, -0.2) is 57.2 Å². The summed E-state index contributed by atoms with van der Waals surface area (Å²) < 4.78 is 10.3. The van der Waals surface area contributed by atoms with Crippen molar-refractivity contribution < 1.29 is 19.1 Å². The number of rotatable bonds is 7. The van der Waals surface area contributed by atoms with E-state index in [0.717, 1.165) is 0 Å². The van der Waals surface area contributed by atoms with Gasteiger partial charge >= 0.3 is 0 Å². The summed E-state index contributed by atoms with van der Waals surface area (Å²) in [6.07, 6.45) is 0. The molecule has 1 aromatic carbocycles. The summed E-state index contributed by atoms with van der Waals surface area (Å²) in [6, 6.07) is 4.08. The first kappa shape index (κ1) is 21.2. The van der Waals surface area contributed by atoms with Gasteiger partial charge in [-0.15, -0.1) is 12.4 Å². The third-order valence-electron chi connectivity index (χ3n) is 2.88. The number of halogens is 1. The fourth-order valence-corrected chi connectivity index (χ4v) is 1.77. The van der Waals surface area contributed by atoms with Crippen molar-refractivity contribution in [1.82, 2.24) is 4.90 Å². The van der Waals surface area contributed by atoms with Crippen LogP contribution in [0, 0.1) is 0 Å². The average Bonchev–Trinajstić information content (AvgIpc) is 2.48. The van der Waals surface area contributed by atoms with Gasteiger partial charge in [0.05, 0.1) is 18.9 Å². The average molecular weight is 346 g/mol. The molecule has 1 aromatic rings. The van der Waals surface area contributed by atoms with Gasteiger partial charge in [-0.2, -0.15) is 0 Å².